The molecule has 28 heavy (non-hydrogen) atoms. The van der Waals surface area contributed by atoms with Crippen LogP contribution in [0.15, 0.2) is 59.5 Å². The summed E-state index contributed by atoms with van der Waals surface area (Å²) in [5, 5.41) is 0. The summed E-state index contributed by atoms with van der Waals surface area (Å²) in [4.78, 5) is 14.8. The highest BCUT2D eigenvalue weighted by Gasteiger charge is 2.24. The van der Waals surface area contributed by atoms with Gasteiger partial charge in [0.05, 0.1) is 17.3 Å². The Bertz CT molecular complexity index is 871. The van der Waals surface area contributed by atoms with Crippen LogP contribution in [0.25, 0.3) is 0 Å². The zero-order chi connectivity index (χ0) is 20.0. The number of rotatable bonds is 7. The number of piperidine rings is 1. The summed E-state index contributed by atoms with van der Waals surface area (Å²) in [5.74, 6) is 0.481. The molecule has 1 fully saturated rings. The van der Waals surface area contributed by atoms with Gasteiger partial charge < -0.3 is 9.64 Å². The Morgan fingerprint density at radius 3 is 2.29 bits per heavy atom. The summed E-state index contributed by atoms with van der Waals surface area (Å²) < 4.78 is 29.6. The molecule has 0 aliphatic carbocycles. The second kappa shape index (κ2) is 9.34. The van der Waals surface area contributed by atoms with Gasteiger partial charge in [0.1, 0.15) is 0 Å². The van der Waals surface area contributed by atoms with Crippen molar-refractivity contribution in [2.24, 2.45) is 5.92 Å². The van der Waals surface area contributed by atoms with Crippen LogP contribution in [0.3, 0.4) is 0 Å². The topological polar surface area (TPSA) is 63.7 Å². The van der Waals surface area contributed by atoms with E-state index in [1.165, 1.54) is 17.7 Å². The van der Waals surface area contributed by atoms with Gasteiger partial charge in [0.2, 0.25) is 0 Å². The van der Waals surface area contributed by atoms with Gasteiger partial charge in [0.25, 0.3) is 5.91 Å². The quantitative estimate of drug-likeness (QED) is 0.712. The minimum atomic E-state index is -3.24. The van der Waals surface area contributed by atoms with Crippen molar-refractivity contribution in [2.75, 3.05) is 25.4 Å². The number of hydrogen-bond acceptors (Lipinski definition) is 4. The largest absolute Gasteiger partial charge is 0.376 e. The molecule has 6 heteroatoms. The molecule has 3 rings (SSSR count). The first-order valence-corrected chi connectivity index (χ1v) is 11.4. The standard InChI is InChI=1S/C22H27NO4S/c1-2-28(25,26)21-10-8-20(9-11-21)22(24)23-14-12-19(13-15-23)17-27-16-18-6-4-3-5-7-18/h3-11,19H,2,12-17H2,1H3. The highest BCUT2D eigenvalue weighted by atomic mass is 32.2. The van der Waals surface area contributed by atoms with Crippen molar-refractivity contribution in [2.45, 2.75) is 31.3 Å². The summed E-state index contributed by atoms with van der Waals surface area (Å²) in [7, 11) is -3.24. The molecule has 0 unspecified atom stereocenters. The van der Waals surface area contributed by atoms with Crippen LogP contribution in [0.4, 0.5) is 0 Å². The van der Waals surface area contributed by atoms with Gasteiger partial charge in [-0.3, -0.25) is 4.79 Å². The Labute approximate surface area is 167 Å². The lowest BCUT2D eigenvalue weighted by Crippen LogP contribution is -2.39. The maximum atomic E-state index is 12.7. The molecule has 0 N–H and O–H groups in total. The molecule has 0 atom stereocenters. The van der Waals surface area contributed by atoms with Crippen molar-refractivity contribution >= 4 is 15.7 Å². The molecule has 2 aromatic carbocycles. The van der Waals surface area contributed by atoms with E-state index in [0.717, 1.165) is 12.8 Å². The average molecular weight is 402 g/mol. The van der Waals surface area contributed by atoms with Gasteiger partial charge in [-0.1, -0.05) is 37.3 Å². The summed E-state index contributed by atoms with van der Waals surface area (Å²) in [6.07, 6.45) is 1.84. The van der Waals surface area contributed by atoms with Gasteiger partial charge in [-0.15, -0.1) is 0 Å². The van der Waals surface area contributed by atoms with E-state index >= 15 is 0 Å². The van der Waals surface area contributed by atoms with Crippen LogP contribution in [0.5, 0.6) is 0 Å². The maximum Gasteiger partial charge on any atom is 0.253 e. The first-order valence-electron chi connectivity index (χ1n) is 9.73. The molecule has 150 valence electrons. The molecule has 1 aliphatic rings. The SMILES string of the molecule is CCS(=O)(=O)c1ccc(C(=O)N2CCC(COCc3ccccc3)CC2)cc1. The van der Waals surface area contributed by atoms with Crippen LogP contribution in [0.1, 0.15) is 35.7 Å². The fraction of sp³-hybridized carbons (Fsp3) is 0.409. The van der Waals surface area contributed by atoms with Gasteiger partial charge in [-0.2, -0.15) is 0 Å². The zero-order valence-electron chi connectivity index (χ0n) is 16.2. The van der Waals surface area contributed by atoms with Crippen molar-refractivity contribution in [3.8, 4) is 0 Å². The van der Waals surface area contributed by atoms with E-state index in [4.69, 9.17) is 4.74 Å². The lowest BCUT2D eigenvalue weighted by Gasteiger charge is -2.32. The van der Waals surface area contributed by atoms with Gasteiger partial charge >= 0.3 is 0 Å². The van der Waals surface area contributed by atoms with Crippen molar-refractivity contribution in [3.63, 3.8) is 0 Å². The Morgan fingerprint density at radius 2 is 1.68 bits per heavy atom. The third-order valence-electron chi connectivity index (χ3n) is 5.21. The third kappa shape index (κ3) is 5.20. The van der Waals surface area contributed by atoms with E-state index in [2.05, 4.69) is 12.1 Å². The summed E-state index contributed by atoms with van der Waals surface area (Å²) >= 11 is 0. The number of benzene rings is 2. The molecule has 1 amide bonds. The maximum absolute atomic E-state index is 12.7. The smallest absolute Gasteiger partial charge is 0.253 e. The summed E-state index contributed by atoms with van der Waals surface area (Å²) in [6, 6.07) is 16.4. The number of carbonyl (C=O) groups excluding carboxylic acids is 1. The van der Waals surface area contributed by atoms with Gasteiger partial charge in [0, 0.05) is 25.3 Å². The third-order valence-corrected chi connectivity index (χ3v) is 6.96. The molecule has 0 saturated carbocycles. The van der Waals surface area contributed by atoms with Crippen molar-refractivity contribution in [3.05, 3.63) is 65.7 Å². The van der Waals surface area contributed by atoms with Gasteiger partial charge in [0.15, 0.2) is 9.84 Å². The van der Waals surface area contributed by atoms with Crippen LogP contribution < -0.4 is 0 Å². The minimum Gasteiger partial charge on any atom is -0.376 e. The van der Waals surface area contributed by atoms with Crippen molar-refractivity contribution in [1.29, 1.82) is 0 Å². The average Bonchev–Trinajstić information content (AvgIpc) is 2.74. The van der Waals surface area contributed by atoms with Gasteiger partial charge in [-0.05, 0) is 48.6 Å². The van der Waals surface area contributed by atoms with E-state index in [1.807, 2.05) is 23.1 Å². The van der Waals surface area contributed by atoms with E-state index in [0.29, 0.717) is 37.8 Å². The Kier molecular flexibility index (Phi) is 6.86. The number of amides is 1. The first-order chi connectivity index (χ1) is 13.5. The lowest BCUT2D eigenvalue weighted by molar-refractivity contribution is 0.0478. The number of ether oxygens (including phenoxy) is 1. The lowest BCUT2D eigenvalue weighted by atomic mass is 9.97. The number of carbonyl (C=O) groups is 1. The number of hydrogen-bond donors (Lipinski definition) is 0. The van der Waals surface area contributed by atoms with E-state index in [1.54, 1.807) is 19.1 Å². The molecule has 0 bridgehead atoms. The minimum absolute atomic E-state index is 0.0379. The molecule has 5 nitrogen and oxygen atoms in total. The van der Waals surface area contributed by atoms with Gasteiger partial charge in [-0.25, -0.2) is 8.42 Å². The number of likely N-dealkylation sites (tertiary alicyclic amines) is 1. The second-order valence-electron chi connectivity index (χ2n) is 7.16. The van der Waals surface area contributed by atoms with E-state index in [-0.39, 0.29) is 16.6 Å². The number of sulfone groups is 1. The molecule has 0 radical (unpaired) electrons. The van der Waals surface area contributed by atoms with Crippen LogP contribution in [0, 0.1) is 5.92 Å². The summed E-state index contributed by atoms with van der Waals surface area (Å²) in [5.41, 5.74) is 1.71. The molecule has 0 spiro atoms. The van der Waals surface area contributed by atoms with Crippen LogP contribution in [0.2, 0.25) is 0 Å². The predicted molar refractivity (Wildman–Crippen MR) is 109 cm³/mol. The Balaban J connectivity index is 1.47. The van der Waals surface area contributed by atoms with E-state index < -0.39 is 9.84 Å². The van der Waals surface area contributed by atoms with Crippen molar-refractivity contribution < 1.29 is 17.9 Å². The zero-order valence-corrected chi connectivity index (χ0v) is 17.0. The second-order valence-corrected chi connectivity index (χ2v) is 9.44. The monoisotopic (exact) mass is 401 g/mol. The van der Waals surface area contributed by atoms with Crippen LogP contribution in [-0.2, 0) is 21.2 Å². The molecular weight excluding hydrogens is 374 g/mol. The van der Waals surface area contributed by atoms with Crippen LogP contribution >= 0.6 is 0 Å². The number of nitrogens with zero attached hydrogens (tertiary/aromatic N) is 1. The fourth-order valence-electron chi connectivity index (χ4n) is 3.37. The van der Waals surface area contributed by atoms with Crippen molar-refractivity contribution in [1.82, 2.24) is 4.90 Å². The first kappa shape index (κ1) is 20.6. The Morgan fingerprint density at radius 1 is 1.04 bits per heavy atom. The predicted octanol–water partition coefficient (Wildman–Crippen LogP) is 3.55. The highest BCUT2D eigenvalue weighted by molar-refractivity contribution is 7.91. The Hall–Kier alpha value is -2.18. The molecule has 1 saturated heterocycles. The molecule has 2 aromatic rings. The summed E-state index contributed by atoms with van der Waals surface area (Å²) in [6.45, 7) is 4.34. The fourth-order valence-corrected chi connectivity index (χ4v) is 4.26. The van der Waals surface area contributed by atoms with Crippen LogP contribution in [-0.4, -0.2) is 44.7 Å². The molecule has 1 aliphatic heterocycles. The molecule has 0 aromatic heterocycles. The molecular formula is C22H27NO4S. The highest BCUT2D eigenvalue weighted by Crippen LogP contribution is 2.21. The normalized spacial score (nSPS) is 15.5. The van der Waals surface area contributed by atoms with E-state index in [9.17, 15) is 13.2 Å². The molecule has 1 heterocycles.